The van der Waals surface area contributed by atoms with E-state index in [0.717, 1.165) is 44.1 Å². The van der Waals surface area contributed by atoms with Gasteiger partial charge in [-0.3, -0.25) is 9.97 Å². The lowest BCUT2D eigenvalue weighted by Gasteiger charge is -2.09. The second kappa shape index (κ2) is 9.42. The van der Waals surface area contributed by atoms with Crippen LogP contribution in [0.1, 0.15) is 0 Å². The Balaban J connectivity index is 1.19. The Bertz CT molecular complexity index is 1730. The summed E-state index contributed by atoms with van der Waals surface area (Å²) in [7, 11) is 0. The average Bonchev–Trinajstić information content (AvgIpc) is 3.01. The van der Waals surface area contributed by atoms with Crippen molar-refractivity contribution in [1.82, 2.24) is 9.97 Å². The molecule has 5 aromatic carbocycles. The van der Waals surface area contributed by atoms with Gasteiger partial charge in [0, 0.05) is 34.3 Å². The zero-order valence-corrected chi connectivity index (χ0v) is 20.8. The second-order valence-electron chi connectivity index (χ2n) is 9.54. The van der Waals surface area contributed by atoms with E-state index >= 15 is 0 Å². The normalized spacial score (nSPS) is 11.2. The highest BCUT2D eigenvalue weighted by Gasteiger charge is 2.09. The number of benzene rings is 5. The molecule has 0 aliphatic rings. The van der Waals surface area contributed by atoms with Crippen molar-refractivity contribution in [3.05, 3.63) is 146 Å². The second-order valence-corrected chi connectivity index (χ2v) is 9.54. The maximum Gasteiger partial charge on any atom is 0.0965 e. The summed E-state index contributed by atoms with van der Waals surface area (Å²) in [5.41, 5.74) is 11.2. The first-order valence-electron chi connectivity index (χ1n) is 12.8. The third-order valence-corrected chi connectivity index (χ3v) is 7.15. The molecule has 178 valence electrons. The SMILES string of the molecule is c1ccc(-c2ccc(-c3cnc4c(ccc5cc(-c6ccc(-c7ccccc7)cc6)cnc54)c3)cc2)cc1. The molecule has 2 nitrogen and oxygen atoms in total. The van der Waals surface area contributed by atoms with Gasteiger partial charge in [-0.1, -0.05) is 121 Å². The lowest BCUT2D eigenvalue weighted by atomic mass is 9.99. The Morgan fingerprint density at radius 3 is 0.974 bits per heavy atom. The Morgan fingerprint density at radius 1 is 0.289 bits per heavy atom. The molecule has 0 amide bonds. The first kappa shape index (κ1) is 22.1. The predicted molar refractivity (Wildman–Crippen MR) is 159 cm³/mol. The number of pyridine rings is 2. The highest BCUT2D eigenvalue weighted by molar-refractivity contribution is 6.04. The molecule has 0 unspecified atom stereocenters. The number of nitrogens with zero attached hydrogens (tertiary/aromatic N) is 2. The number of hydrogen-bond donors (Lipinski definition) is 0. The summed E-state index contributed by atoms with van der Waals surface area (Å²) in [5.74, 6) is 0. The zero-order valence-electron chi connectivity index (χ0n) is 20.8. The Labute approximate surface area is 221 Å². The van der Waals surface area contributed by atoms with Crippen LogP contribution < -0.4 is 0 Å². The van der Waals surface area contributed by atoms with E-state index in [9.17, 15) is 0 Å². The van der Waals surface area contributed by atoms with Crippen LogP contribution in [-0.2, 0) is 0 Å². The van der Waals surface area contributed by atoms with Gasteiger partial charge in [0.05, 0.1) is 11.0 Å². The van der Waals surface area contributed by atoms with Crippen molar-refractivity contribution in [2.24, 2.45) is 0 Å². The molecule has 0 N–H and O–H groups in total. The minimum absolute atomic E-state index is 0.929. The van der Waals surface area contributed by atoms with E-state index in [-0.39, 0.29) is 0 Å². The van der Waals surface area contributed by atoms with E-state index in [1.165, 1.54) is 22.3 Å². The monoisotopic (exact) mass is 484 g/mol. The summed E-state index contributed by atoms with van der Waals surface area (Å²) in [6, 6.07) is 47.0. The van der Waals surface area contributed by atoms with Crippen molar-refractivity contribution >= 4 is 21.8 Å². The molecule has 2 heteroatoms. The zero-order chi connectivity index (χ0) is 25.3. The van der Waals surface area contributed by atoms with Crippen LogP contribution in [0.2, 0.25) is 0 Å². The summed E-state index contributed by atoms with van der Waals surface area (Å²) in [6.45, 7) is 0. The fraction of sp³-hybridized carbons (Fsp3) is 0. The van der Waals surface area contributed by atoms with Gasteiger partial charge in [-0.15, -0.1) is 0 Å². The molecule has 0 bridgehead atoms. The van der Waals surface area contributed by atoms with Crippen LogP contribution in [0.3, 0.4) is 0 Å². The van der Waals surface area contributed by atoms with Crippen LogP contribution in [0.15, 0.2) is 146 Å². The van der Waals surface area contributed by atoms with Gasteiger partial charge in [-0.2, -0.15) is 0 Å². The van der Waals surface area contributed by atoms with Gasteiger partial charge in [-0.25, -0.2) is 0 Å². The maximum atomic E-state index is 4.85. The van der Waals surface area contributed by atoms with Crippen molar-refractivity contribution in [2.75, 3.05) is 0 Å². The highest BCUT2D eigenvalue weighted by Crippen LogP contribution is 2.31. The van der Waals surface area contributed by atoms with E-state index in [0.29, 0.717) is 0 Å². The van der Waals surface area contributed by atoms with Gasteiger partial charge >= 0.3 is 0 Å². The Kier molecular flexibility index (Phi) is 5.49. The molecule has 0 aliphatic heterocycles. The third-order valence-electron chi connectivity index (χ3n) is 7.15. The Hall–Kier alpha value is -5.08. The van der Waals surface area contributed by atoms with Crippen molar-refractivity contribution < 1.29 is 0 Å². The lowest BCUT2D eigenvalue weighted by molar-refractivity contribution is 1.37. The number of rotatable bonds is 4. The van der Waals surface area contributed by atoms with Crippen LogP contribution >= 0.6 is 0 Å². The predicted octanol–water partition coefficient (Wildman–Crippen LogP) is 9.45. The molecule has 0 saturated heterocycles. The molecule has 0 aliphatic carbocycles. The van der Waals surface area contributed by atoms with Gasteiger partial charge in [0.15, 0.2) is 0 Å². The van der Waals surface area contributed by atoms with Crippen LogP contribution in [-0.4, -0.2) is 9.97 Å². The fourth-order valence-corrected chi connectivity index (χ4v) is 5.08. The first-order valence-corrected chi connectivity index (χ1v) is 12.8. The summed E-state index contributed by atoms with van der Waals surface area (Å²) in [6.07, 6.45) is 3.91. The van der Waals surface area contributed by atoms with Crippen molar-refractivity contribution in [2.45, 2.75) is 0 Å². The molecule has 0 atom stereocenters. The average molecular weight is 485 g/mol. The van der Waals surface area contributed by atoms with Gasteiger partial charge in [-0.05, 0) is 45.5 Å². The molecule has 38 heavy (non-hydrogen) atoms. The van der Waals surface area contributed by atoms with Crippen molar-refractivity contribution in [1.29, 1.82) is 0 Å². The fourth-order valence-electron chi connectivity index (χ4n) is 5.08. The molecule has 7 rings (SSSR count). The van der Waals surface area contributed by atoms with Crippen LogP contribution in [0.4, 0.5) is 0 Å². The minimum Gasteiger partial charge on any atom is -0.253 e. The summed E-state index contributed by atoms with van der Waals surface area (Å²) >= 11 is 0. The third kappa shape index (κ3) is 4.12. The molecule has 2 heterocycles. The van der Waals surface area contributed by atoms with Crippen LogP contribution in [0.25, 0.3) is 66.3 Å². The summed E-state index contributed by atoms with van der Waals surface area (Å²) in [4.78, 5) is 9.70. The van der Waals surface area contributed by atoms with E-state index in [2.05, 4.69) is 121 Å². The maximum absolute atomic E-state index is 4.85. The number of hydrogen-bond acceptors (Lipinski definition) is 2. The molecular formula is C36H24N2. The minimum atomic E-state index is 0.929. The molecule has 0 spiro atoms. The molecule has 0 saturated carbocycles. The number of aromatic nitrogens is 2. The summed E-state index contributed by atoms with van der Waals surface area (Å²) in [5, 5.41) is 2.18. The smallest absolute Gasteiger partial charge is 0.0965 e. The van der Waals surface area contributed by atoms with Gasteiger partial charge < -0.3 is 0 Å². The number of fused-ring (bicyclic) bond motifs is 3. The molecule has 7 aromatic rings. The van der Waals surface area contributed by atoms with Gasteiger partial charge in [0.1, 0.15) is 0 Å². The van der Waals surface area contributed by atoms with Gasteiger partial charge in [0.25, 0.3) is 0 Å². The van der Waals surface area contributed by atoms with Crippen molar-refractivity contribution in [3.63, 3.8) is 0 Å². The van der Waals surface area contributed by atoms with E-state index < -0.39 is 0 Å². The van der Waals surface area contributed by atoms with Crippen LogP contribution in [0, 0.1) is 0 Å². The first-order chi connectivity index (χ1) is 18.8. The molecule has 0 radical (unpaired) electrons. The van der Waals surface area contributed by atoms with E-state index in [4.69, 9.17) is 9.97 Å². The van der Waals surface area contributed by atoms with Crippen LogP contribution in [0.5, 0.6) is 0 Å². The highest BCUT2D eigenvalue weighted by atomic mass is 14.7. The van der Waals surface area contributed by atoms with E-state index in [1.54, 1.807) is 0 Å². The largest absolute Gasteiger partial charge is 0.253 e. The Morgan fingerprint density at radius 2 is 0.605 bits per heavy atom. The molecular weight excluding hydrogens is 460 g/mol. The van der Waals surface area contributed by atoms with E-state index in [1.807, 2.05) is 24.5 Å². The lowest BCUT2D eigenvalue weighted by Crippen LogP contribution is -1.89. The molecule has 2 aromatic heterocycles. The van der Waals surface area contributed by atoms with Gasteiger partial charge in [0.2, 0.25) is 0 Å². The quantitative estimate of drug-likeness (QED) is 0.233. The summed E-state index contributed by atoms with van der Waals surface area (Å²) < 4.78 is 0. The standard InChI is InChI=1S/C36H24N2/c1-3-7-25(8-4-1)27-11-15-29(16-12-27)33-21-31-19-20-32-22-34(24-38-36(32)35(31)37-23-33)30-17-13-28(14-18-30)26-9-5-2-6-10-26/h1-24H. The topological polar surface area (TPSA) is 25.8 Å². The molecule has 0 fully saturated rings. The van der Waals surface area contributed by atoms with Crippen molar-refractivity contribution in [3.8, 4) is 44.5 Å².